The quantitative estimate of drug-likeness (QED) is 0.467. The summed E-state index contributed by atoms with van der Waals surface area (Å²) in [6.45, 7) is 2.36. The fourth-order valence-electron chi connectivity index (χ4n) is 4.36. The van der Waals surface area contributed by atoms with Crippen molar-refractivity contribution in [2.75, 3.05) is 33.4 Å². The molecule has 0 bridgehead atoms. The van der Waals surface area contributed by atoms with Crippen LogP contribution in [0.4, 0.5) is 8.78 Å². The molecule has 1 heterocycles. The molecule has 0 radical (unpaired) electrons. The molecule has 0 spiro atoms. The fourth-order valence-corrected chi connectivity index (χ4v) is 4.36. The Bertz CT molecular complexity index is 1050. The standard InChI is InChI=1S/C26H31F2N3O4.ClH/c1-34-12-13-35-24-5-3-2-4-18(24)16-31(19-7-8-19)26(33)20-15-29-11-10-23(20)30-25(32)17-6-9-21(27)22(28)14-17;/h2-6,9,14,19-20,23,29H,7-8,10-13,15-16H2,1H3,(H,30,32);1H. The van der Waals surface area contributed by atoms with Gasteiger partial charge in [-0.05, 0) is 50.1 Å². The Morgan fingerprint density at radius 2 is 1.86 bits per heavy atom. The number of amides is 2. The predicted molar refractivity (Wildman–Crippen MR) is 133 cm³/mol. The minimum Gasteiger partial charge on any atom is -0.491 e. The van der Waals surface area contributed by atoms with Gasteiger partial charge in [0.2, 0.25) is 5.91 Å². The van der Waals surface area contributed by atoms with Gasteiger partial charge in [0.25, 0.3) is 5.91 Å². The van der Waals surface area contributed by atoms with E-state index in [4.69, 9.17) is 9.47 Å². The van der Waals surface area contributed by atoms with Gasteiger partial charge in [-0.3, -0.25) is 9.59 Å². The monoisotopic (exact) mass is 523 g/mol. The van der Waals surface area contributed by atoms with Crippen molar-refractivity contribution in [3.05, 3.63) is 65.2 Å². The molecule has 2 aliphatic rings. The largest absolute Gasteiger partial charge is 0.491 e. The van der Waals surface area contributed by atoms with E-state index in [1.54, 1.807) is 7.11 Å². The molecule has 4 rings (SSSR count). The number of hydrogen-bond donors (Lipinski definition) is 2. The summed E-state index contributed by atoms with van der Waals surface area (Å²) >= 11 is 0. The van der Waals surface area contributed by atoms with Crippen LogP contribution in [0.3, 0.4) is 0 Å². The van der Waals surface area contributed by atoms with Gasteiger partial charge in [0.05, 0.1) is 12.5 Å². The lowest BCUT2D eigenvalue weighted by atomic mass is 9.91. The lowest BCUT2D eigenvalue weighted by molar-refractivity contribution is -0.138. The fraction of sp³-hybridized carbons (Fsp3) is 0.462. The van der Waals surface area contributed by atoms with E-state index in [0.29, 0.717) is 45.0 Å². The minimum atomic E-state index is -1.08. The van der Waals surface area contributed by atoms with Crippen molar-refractivity contribution in [2.24, 2.45) is 5.92 Å². The van der Waals surface area contributed by atoms with E-state index in [9.17, 15) is 18.4 Å². The molecule has 2 unspecified atom stereocenters. The third kappa shape index (κ3) is 6.93. The second-order valence-corrected chi connectivity index (χ2v) is 8.95. The normalized spacial score (nSPS) is 19.2. The van der Waals surface area contributed by atoms with Crippen molar-refractivity contribution in [1.82, 2.24) is 15.5 Å². The summed E-state index contributed by atoms with van der Waals surface area (Å²) in [5.74, 6) is -2.41. The first-order chi connectivity index (χ1) is 17.0. The summed E-state index contributed by atoms with van der Waals surface area (Å²) in [4.78, 5) is 28.4. The molecule has 1 aliphatic carbocycles. The Hall–Kier alpha value is -2.75. The van der Waals surface area contributed by atoms with E-state index >= 15 is 0 Å². The van der Waals surface area contributed by atoms with Gasteiger partial charge in [-0.1, -0.05) is 18.2 Å². The van der Waals surface area contributed by atoms with Crippen LogP contribution in [0.5, 0.6) is 5.75 Å². The smallest absolute Gasteiger partial charge is 0.251 e. The Kier molecular flexibility index (Phi) is 10.0. The summed E-state index contributed by atoms with van der Waals surface area (Å²) in [5.41, 5.74) is 0.935. The number of carbonyl (C=O) groups is 2. The molecule has 36 heavy (non-hydrogen) atoms. The van der Waals surface area contributed by atoms with Crippen molar-refractivity contribution < 1.29 is 27.8 Å². The molecule has 2 N–H and O–H groups in total. The van der Waals surface area contributed by atoms with Crippen LogP contribution in [0, 0.1) is 17.6 Å². The highest BCUT2D eigenvalue weighted by molar-refractivity contribution is 5.95. The van der Waals surface area contributed by atoms with Gasteiger partial charge in [-0.2, -0.15) is 0 Å². The molecule has 0 aromatic heterocycles. The topological polar surface area (TPSA) is 79.9 Å². The predicted octanol–water partition coefficient (Wildman–Crippen LogP) is 3.31. The summed E-state index contributed by atoms with van der Waals surface area (Å²) in [6.07, 6.45) is 2.43. The van der Waals surface area contributed by atoms with E-state index < -0.39 is 29.5 Å². The van der Waals surface area contributed by atoms with Crippen LogP contribution in [0.15, 0.2) is 42.5 Å². The number of halogens is 3. The van der Waals surface area contributed by atoms with E-state index in [2.05, 4.69) is 10.6 Å². The number of ether oxygens (including phenoxy) is 2. The molecule has 1 saturated carbocycles. The number of para-hydroxylation sites is 1. The summed E-state index contributed by atoms with van der Waals surface area (Å²) in [7, 11) is 1.61. The Labute approximate surface area is 215 Å². The van der Waals surface area contributed by atoms with E-state index in [0.717, 1.165) is 30.5 Å². The maximum atomic E-state index is 13.7. The minimum absolute atomic E-state index is 0. The number of methoxy groups -OCH3 is 1. The number of rotatable bonds is 10. The first kappa shape index (κ1) is 27.8. The molecule has 2 aromatic carbocycles. The molecule has 7 nitrogen and oxygen atoms in total. The second kappa shape index (κ2) is 13.0. The molecule has 2 aromatic rings. The SMILES string of the molecule is COCCOc1ccccc1CN(C(=O)C1CNCCC1NC(=O)c1ccc(F)c(F)c1)C1CC1.Cl. The highest BCUT2D eigenvalue weighted by Gasteiger charge is 2.40. The third-order valence-electron chi connectivity index (χ3n) is 6.43. The molecule has 196 valence electrons. The molecule has 2 amide bonds. The Morgan fingerprint density at radius 1 is 1.08 bits per heavy atom. The molecule has 1 aliphatic heterocycles. The van der Waals surface area contributed by atoms with Gasteiger partial charge < -0.3 is 25.0 Å². The van der Waals surface area contributed by atoms with Crippen molar-refractivity contribution in [3.63, 3.8) is 0 Å². The zero-order chi connectivity index (χ0) is 24.8. The maximum absolute atomic E-state index is 13.7. The first-order valence-electron chi connectivity index (χ1n) is 11.9. The van der Waals surface area contributed by atoms with Crippen LogP contribution in [0.2, 0.25) is 0 Å². The number of piperidine rings is 1. The number of carbonyl (C=O) groups excluding carboxylic acids is 2. The van der Waals surface area contributed by atoms with Gasteiger partial charge in [-0.15, -0.1) is 12.4 Å². The third-order valence-corrected chi connectivity index (χ3v) is 6.43. The van der Waals surface area contributed by atoms with Gasteiger partial charge in [0, 0.05) is 43.4 Å². The zero-order valence-corrected chi connectivity index (χ0v) is 21.0. The molecular formula is C26H32ClF2N3O4. The molecule has 10 heteroatoms. The van der Waals surface area contributed by atoms with Crippen LogP contribution in [-0.2, 0) is 16.1 Å². The van der Waals surface area contributed by atoms with Crippen LogP contribution >= 0.6 is 12.4 Å². The van der Waals surface area contributed by atoms with Gasteiger partial charge in [0.1, 0.15) is 12.4 Å². The highest BCUT2D eigenvalue weighted by atomic mass is 35.5. The van der Waals surface area contributed by atoms with Crippen LogP contribution in [0.1, 0.15) is 35.2 Å². The van der Waals surface area contributed by atoms with Gasteiger partial charge in [0.15, 0.2) is 11.6 Å². The molecule has 1 saturated heterocycles. The number of nitrogens with one attached hydrogen (secondary N) is 2. The van der Waals surface area contributed by atoms with E-state index in [1.165, 1.54) is 6.07 Å². The Morgan fingerprint density at radius 3 is 2.58 bits per heavy atom. The van der Waals surface area contributed by atoms with Gasteiger partial charge in [-0.25, -0.2) is 8.78 Å². The summed E-state index contributed by atoms with van der Waals surface area (Å²) < 4.78 is 37.8. The number of nitrogens with zero attached hydrogens (tertiary/aromatic N) is 1. The Balaban J connectivity index is 0.00000361. The first-order valence-corrected chi connectivity index (χ1v) is 11.9. The average Bonchev–Trinajstić information content (AvgIpc) is 3.70. The average molecular weight is 524 g/mol. The lowest BCUT2D eigenvalue weighted by Crippen LogP contribution is -2.55. The molecule has 2 fully saturated rings. The molecule has 2 atom stereocenters. The van der Waals surface area contributed by atoms with Crippen LogP contribution < -0.4 is 15.4 Å². The van der Waals surface area contributed by atoms with Crippen molar-refractivity contribution in [2.45, 2.75) is 37.9 Å². The van der Waals surface area contributed by atoms with Crippen LogP contribution in [0.25, 0.3) is 0 Å². The van der Waals surface area contributed by atoms with Crippen LogP contribution in [-0.4, -0.2) is 62.2 Å². The molecular weight excluding hydrogens is 492 g/mol. The van der Waals surface area contributed by atoms with Gasteiger partial charge >= 0.3 is 0 Å². The van der Waals surface area contributed by atoms with Crippen molar-refractivity contribution in [1.29, 1.82) is 0 Å². The highest BCUT2D eigenvalue weighted by Crippen LogP contribution is 2.32. The summed E-state index contributed by atoms with van der Waals surface area (Å²) in [5, 5.41) is 6.13. The number of hydrogen-bond acceptors (Lipinski definition) is 5. The second-order valence-electron chi connectivity index (χ2n) is 8.95. The van der Waals surface area contributed by atoms with E-state index in [-0.39, 0.29) is 29.9 Å². The van der Waals surface area contributed by atoms with E-state index in [1.807, 2.05) is 29.2 Å². The van der Waals surface area contributed by atoms with Crippen molar-refractivity contribution in [3.8, 4) is 5.75 Å². The maximum Gasteiger partial charge on any atom is 0.251 e. The lowest BCUT2D eigenvalue weighted by Gasteiger charge is -2.36. The summed E-state index contributed by atoms with van der Waals surface area (Å²) in [6, 6.07) is 10.4. The zero-order valence-electron chi connectivity index (χ0n) is 20.2. The van der Waals surface area contributed by atoms with Crippen molar-refractivity contribution >= 4 is 24.2 Å². The number of benzene rings is 2.